The zero-order chi connectivity index (χ0) is 8.81. The van der Waals surface area contributed by atoms with Crippen LogP contribution in [0.25, 0.3) is 0 Å². The predicted molar refractivity (Wildman–Crippen MR) is 48.2 cm³/mol. The lowest BCUT2D eigenvalue weighted by Gasteiger charge is -1.95. The van der Waals surface area contributed by atoms with Crippen molar-refractivity contribution in [1.82, 2.24) is 0 Å². The molecule has 60 valence electrons. The van der Waals surface area contributed by atoms with E-state index in [4.69, 9.17) is 5.26 Å². The number of nitriles is 1. The Morgan fingerprint density at radius 3 is 2.58 bits per heavy atom. The third-order valence-corrected chi connectivity index (χ3v) is 2.20. The monoisotopic (exact) mass is 177 g/mol. The molecule has 0 aliphatic rings. The van der Waals surface area contributed by atoms with E-state index in [0.717, 1.165) is 11.2 Å². The van der Waals surface area contributed by atoms with Gasteiger partial charge in [0, 0.05) is 10.5 Å². The first-order valence-electron chi connectivity index (χ1n) is 3.42. The summed E-state index contributed by atoms with van der Waals surface area (Å²) >= 11 is 1.46. The van der Waals surface area contributed by atoms with Crippen molar-refractivity contribution in [2.75, 3.05) is 5.75 Å². The van der Waals surface area contributed by atoms with Crippen LogP contribution < -0.4 is 0 Å². The molecule has 0 saturated carbocycles. The van der Waals surface area contributed by atoms with Crippen molar-refractivity contribution in [1.29, 1.82) is 5.26 Å². The molecule has 0 aliphatic heterocycles. The van der Waals surface area contributed by atoms with E-state index in [1.54, 1.807) is 12.1 Å². The Balaban J connectivity index is 2.66. The Morgan fingerprint density at radius 2 is 2.08 bits per heavy atom. The molecule has 3 heteroatoms. The highest BCUT2D eigenvalue weighted by Gasteiger charge is 1.92. The van der Waals surface area contributed by atoms with E-state index in [1.807, 2.05) is 18.2 Å². The summed E-state index contributed by atoms with van der Waals surface area (Å²) in [6.45, 7) is 0. The van der Waals surface area contributed by atoms with E-state index in [1.165, 1.54) is 11.8 Å². The minimum Gasteiger partial charge on any atom is -0.298 e. The molecule has 0 aromatic heterocycles. The van der Waals surface area contributed by atoms with Gasteiger partial charge in [-0.1, -0.05) is 12.1 Å². The molecule has 0 fully saturated rings. The molecule has 1 rings (SSSR count). The van der Waals surface area contributed by atoms with Gasteiger partial charge in [-0.25, -0.2) is 0 Å². The van der Waals surface area contributed by atoms with E-state index in [9.17, 15) is 4.79 Å². The largest absolute Gasteiger partial charge is 0.298 e. The summed E-state index contributed by atoms with van der Waals surface area (Å²) in [5.74, 6) is 0.445. The first-order chi connectivity index (χ1) is 5.86. The van der Waals surface area contributed by atoms with Gasteiger partial charge in [0.25, 0.3) is 0 Å². The van der Waals surface area contributed by atoms with Crippen molar-refractivity contribution in [2.24, 2.45) is 0 Å². The standard InChI is InChI=1S/C9H7NOS/c10-5-6-12-9-3-1-8(7-11)2-4-9/h1-4,7H,6H2. The molecule has 0 spiro atoms. The maximum absolute atomic E-state index is 10.3. The first kappa shape index (κ1) is 8.82. The van der Waals surface area contributed by atoms with Crippen molar-refractivity contribution in [3.8, 4) is 6.07 Å². The zero-order valence-corrected chi connectivity index (χ0v) is 7.17. The van der Waals surface area contributed by atoms with E-state index in [0.29, 0.717) is 11.3 Å². The Bertz CT molecular complexity index is 299. The highest BCUT2D eigenvalue weighted by Crippen LogP contribution is 2.16. The van der Waals surface area contributed by atoms with Crippen LogP contribution >= 0.6 is 11.8 Å². The van der Waals surface area contributed by atoms with Gasteiger partial charge >= 0.3 is 0 Å². The predicted octanol–water partition coefficient (Wildman–Crippen LogP) is 2.11. The zero-order valence-electron chi connectivity index (χ0n) is 6.36. The maximum Gasteiger partial charge on any atom is 0.150 e. The van der Waals surface area contributed by atoms with Crippen LogP contribution in [0, 0.1) is 11.3 Å². The summed E-state index contributed by atoms with van der Waals surface area (Å²) in [5.41, 5.74) is 0.663. The van der Waals surface area contributed by atoms with E-state index in [2.05, 4.69) is 0 Å². The van der Waals surface area contributed by atoms with E-state index in [-0.39, 0.29) is 0 Å². The van der Waals surface area contributed by atoms with Crippen molar-refractivity contribution >= 4 is 18.0 Å². The first-order valence-corrected chi connectivity index (χ1v) is 4.40. The van der Waals surface area contributed by atoms with Crippen molar-refractivity contribution < 1.29 is 4.79 Å². The van der Waals surface area contributed by atoms with Gasteiger partial charge in [0.1, 0.15) is 6.29 Å². The van der Waals surface area contributed by atoms with Gasteiger partial charge in [0.2, 0.25) is 0 Å². The van der Waals surface area contributed by atoms with Crippen LogP contribution in [0.15, 0.2) is 29.2 Å². The van der Waals surface area contributed by atoms with Gasteiger partial charge < -0.3 is 0 Å². The molecule has 12 heavy (non-hydrogen) atoms. The van der Waals surface area contributed by atoms with Gasteiger partial charge in [-0.15, -0.1) is 11.8 Å². The smallest absolute Gasteiger partial charge is 0.150 e. The van der Waals surface area contributed by atoms with Crippen molar-refractivity contribution in [3.05, 3.63) is 29.8 Å². The number of nitrogens with zero attached hydrogens (tertiary/aromatic N) is 1. The molecule has 0 radical (unpaired) electrons. The number of carbonyl (C=O) groups excluding carboxylic acids is 1. The van der Waals surface area contributed by atoms with Gasteiger partial charge in [0.15, 0.2) is 0 Å². The van der Waals surface area contributed by atoms with Crippen LogP contribution in [0.4, 0.5) is 0 Å². The van der Waals surface area contributed by atoms with Crippen LogP contribution in [0.3, 0.4) is 0 Å². The van der Waals surface area contributed by atoms with Crippen LogP contribution in [0.5, 0.6) is 0 Å². The average Bonchev–Trinajstić information content (AvgIpc) is 2.15. The van der Waals surface area contributed by atoms with Gasteiger partial charge in [-0.2, -0.15) is 5.26 Å². The normalized spacial score (nSPS) is 8.92. The molecule has 0 N–H and O–H groups in total. The van der Waals surface area contributed by atoms with Crippen LogP contribution in [-0.4, -0.2) is 12.0 Å². The summed E-state index contributed by atoms with van der Waals surface area (Å²) in [7, 11) is 0. The number of hydrogen-bond donors (Lipinski definition) is 0. The third kappa shape index (κ3) is 2.40. The molecule has 0 atom stereocenters. The summed E-state index contributed by atoms with van der Waals surface area (Å²) < 4.78 is 0. The lowest BCUT2D eigenvalue weighted by Crippen LogP contribution is -1.79. The molecule has 1 aromatic rings. The minimum absolute atomic E-state index is 0.445. The number of benzene rings is 1. The number of rotatable bonds is 3. The quantitative estimate of drug-likeness (QED) is 0.524. The van der Waals surface area contributed by atoms with Crippen LogP contribution in [0.2, 0.25) is 0 Å². The summed E-state index contributed by atoms with van der Waals surface area (Å²) in [5, 5.41) is 8.30. The number of aldehydes is 1. The van der Waals surface area contributed by atoms with Gasteiger partial charge in [-0.3, -0.25) is 4.79 Å². The fraction of sp³-hybridized carbons (Fsp3) is 0.111. The molecule has 0 unspecified atom stereocenters. The van der Waals surface area contributed by atoms with Gasteiger partial charge in [0.05, 0.1) is 11.8 Å². The maximum atomic E-state index is 10.3. The minimum atomic E-state index is 0.445. The van der Waals surface area contributed by atoms with E-state index >= 15 is 0 Å². The van der Waals surface area contributed by atoms with Gasteiger partial charge in [-0.05, 0) is 12.1 Å². The Morgan fingerprint density at radius 1 is 1.42 bits per heavy atom. The Hall–Kier alpha value is -1.27. The lowest BCUT2D eigenvalue weighted by atomic mass is 10.2. The van der Waals surface area contributed by atoms with Crippen LogP contribution in [0.1, 0.15) is 10.4 Å². The fourth-order valence-corrected chi connectivity index (χ4v) is 1.32. The summed E-state index contributed by atoms with van der Waals surface area (Å²) in [4.78, 5) is 11.3. The number of thioether (sulfide) groups is 1. The topological polar surface area (TPSA) is 40.9 Å². The molecular weight excluding hydrogens is 170 g/mol. The molecule has 1 aromatic carbocycles. The highest BCUT2D eigenvalue weighted by atomic mass is 32.2. The second-order valence-electron chi connectivity index (χ2n) is 2.13. The second kappa shape index (κ2) is 4.58. The average molecular weight is 177 g/mol. The molecule has 0 bridgehead atoms. The Kier molecular flexibility index (Phi) is 3.36. The number of hydrogen-bond acceptors (Lipinski definition) is 3. The fourth-order valence-electron chi connectivity index (χ4n) is 0.758. The molecular formula is C9H7NOS. The molecule has 0 aliphatic carbocycles. The summed E-state index contributed by atoms with van der Waals surface area (Å²) in [6, 6.07) is 9.20. The molecule has 0 amide bonds. The molecule has 2 nitrogen and oxygen atoms in total. The highest BCUT2D eigenvalue weighted by molar-refractivity contribution is 7.99. The second-order valence-corrected chi connectivity index (χ2v) is 3.18. The third-order valence-electron chi connectivity index (χ3n) is 1.32. The van der Waals surface area contributed by atoms with Crippen LogP contribution in [-0.2, 0) is 0 Å². The Labute approximate surface area is 75.2 Å². The lowest BCUT2D eigenvalue weighted by molar-refractivity contribution is 0.112. The SMILES string of the molecule is N#CCSc1ccc(C=O)cc1. The van der Waals surface area contributed by atoms with E-state index < -0.39 is 0 Å². The molecule has 0 heterocycles. The van der Waals surface area contributed by atoms with Crippen molar-refractivity contribution in [3.63, 3.8) is 0 Å². The summed E-state index contributed by atoms with van der Waals surface area (Å²) in [6.07, 6.45) is 0.804. The molecule has 0 saturated heterocycles. The van der Waals surface area contributed by atoms with Crippen molar-refractivity contribution in [2.45, 2.75) is 4.90 Å². The number of carbonyl (C=O) groups is 1.